The van der Waals surface area contributed by atoms with Crippen molar-refractivity contribution in [3.8, 4) is 0 Å². The molecule has 1 aromatic carbocycles. The number of nitrogens with one attached hydrogen (secondary N) is 4. The number of hydrogen-bond donors (Lipinski definition) is 4. The first kappa shape index (κ1) is 17.2. The Labute approximate surface area is 140 Å². The second-order valence-electron chi connectivity index (χ2n) is 5.58. The van der Waals surface area contributed by atoms with Gasteiger partial charge in [-0.05, 0) is 13.0 Å². The molecule has 7 nitrogen and oxygen atoms in total. The number of amides is 2. The predicted octanol–water partition coefficient (Wildman–Crippen LogP) is 0.439. The molecular weight excluding hydrogens is 318 g/mol. The van der Waals surface area contributed by atoms with E-state index in [2.05, 4.69) is 26.1 Å². The fourth-order valence-electron chi connectivity index (χ4n) is 2.36. The van der Waals surface area contributed by atoms with Gasteiger partial charge in [-0.1, -0.05) is 18.2 Å². The summed E-state index contributed by atoms with van der Waals surface area (Å²) in [5.41, 5.74) is 1.10. The van der Waals surface area contributed by atoms with Crippen LogP contribution in [0.15, 0.2) is 24.3 Å². The lowest BCUT2D eigenvalue weighted by Gasteiger charge is -2.27. The molecule has 1 aliphatic heterocycles. The Hall–Kier alpha value is -2.12. The maximum Gasteiger partial charge on any atom is 0.273 e. The fraction of sp³-hybridized carbons (Fsp3) is 0.400. The zero-order chi connectivity index (χ0) is 15.5. The van der Waals surface area contributed by atoms with Crippen molar-refractivity contribution in [2.75, 3.05) is 19.6 Å². The minimum Gasteiger partial charge on any atom is -0.354 e. The fourth-order valence-corrected chi connectivity index (χ4v) is 2.36. The molecule has 0 radical (unpaired) electrons. The van der Waals surface area contributed by atoms with Gasteiger partial charge in [0.1, 0.15) is 6.04 Å². The number of hydrogen-bond acceptors (Lipinski definition) is 4. The van der Waals surface area contributed by atoms with Crippen LogP contribution in [0.25, 0.3) is 10.9 Å². The van der Waals surface area contributed by atoms with Crippen LogP contribution in [0.5, 0.6) is 0 Å². The number of fused-ring (bicyclic) bond motifs is 1. The van der Waals surface area contributed by atoms with Crippen molar-refractivity contribution in [3.63, 3.8) is 0 Å². The third kappa shape index (κ3) is 3.80. The van der Waals surface area contributed by atoms with Gasteiger partial charge in [-0.25, -0.2) is 0 Å². The number of benzene rings is 1. The molecule has 1 saturated heterocycles. The first-order chi connectivity index (χ1) is 10.6. The number of aromatic nitrogens is 2. The van der Waals surface area contributed by atoms with Crippen molar-refractivity contribution in [3.05, 3.63) is 30.0 Å². The van der Waals surface area contributed by atoms with Crippen LogP contribution in [-0.4, -0.2) is 47.7 Å². The zero-order valence-corrected chi connectivity index (χ0v) is 13.6. The van der Waals surface area contributed by atoms with Gasteiger partial charge in [-0.2, -0.15) is 5.10 Å². The van der Waals surface area contributed by atoms with E-state index in [1.165, 1.54) is 0 Å². The monoisotopic (exact) mass is 337 g/mol. The summed E-state index contributed by atoms with van der Waals surface area (Å²) in [6, 6.07) is 6.78. The van der Waals surface area contributed by atoms with Gasteiger partial charge in [0, 0.05) is 30.9 Å². The van der Waals surface area contributed by atoms with Gasteiger partial charge < -0.3 is 16.0 Å². The molecule has 3 rings (SSSR count). The molecule has 1 aromatic heterocycles. The van der Waals surface area contributed by atoms with Gasteiger partial charge >= 0.3 is 0 Å². The summed E-state index contributed by atoms with van der Waals surface area (Å²) < 4.78 is 0. The molecule has 0 aliphatic carbocycles. The van der Waals surface area contributed by atoms with Crippen LogP contribution in [0.4, 0.5) is 0 Å². The molecule has 8 heteroatoms. The summed E-state index contributed by atoms with van der Waals surface area (Å²) in [4.78, 5) is 24.2. The Morgan fingerprint density at radius 1 is 1.35 bits per heavy atom. The van der Waals surface area contributed by atoms with Crippen molar-refractivity contribution in [2.24, 2.45) is 5.92 Å². The van der Waals surface area contributed by atoms with Gasteiger partial charge in [-0.3, -0.25) is 14.7 Å². The van der Waals surface area contributed by atoms with E-state index in [1.54, 1.807) is 6.92 Å². The van der Waals surface area contributed by atoms with Crippen molar-refractivity contribution in [1.29, 1.82) is 0 Å². The normalized spacial score (nSPS) is 15.3. The van der Waals surface area contributed by atoms with E-state index < -0.39 is 6.04 Å². The maximum absolute atomic E-state index is 12.3. The number of aromatic amines is 1. The van der Waals surface area contributed by atoms with Crippen LogP contribution in [0.2, 0.25) is 0 Å². The van der Waals surface area contributed by atoms with Gasteiger partial charge in [0.25, 0.3) is 5.91 Å². The van der Waals surface area contributed by atoms with Crippen LogP contribution in [0.1, 0.15) is 17.4 Å². The van der Waals surface area contributed by atoms with E-state index in [0.29, 0.717) is 18.2 Å². The van der Waals surface area contributed by atoms with Gasteiger partial charge in [0.15, 0.2) is 5.69 Å². The number of nitrogens with zero attached hydrogens (tertiary/aromatic N) is 1. The smallest absolute Gasteiger partial charge is 0.273 e. The third-order valence-electron chi connectivity index (χ3n) is 3.86. The van der Waals surface area contributed by atoms with Gasteiger partial charge in [0.2, 0.25) is 5.91 Å². The lowest BCUT2D eigenvalue weighted by Crippen LogP contribution is -2.51. The second-order valence-corrected chi connectivity index (χ2v) is 5.58. The summed E-state index contributed by atoms with van der Waals surface area (Å²) in [6.45, 7) is 4.17. The minimum atomic E-state index is -0.601. The Balaban J connectivity index is 0.00000192. The predicted molar refractivity (Wildman–Crippen MR) is 89.6 cm³/mol. The maximum atomic E-state index is 12.3. The SMILES string of the molecule is CC(NC(=O)c1n[nH]c2ccccc12)C(=O)NCC1CNC1.Cl. The summed E-state index contributed by atoms with van der Waals surface area (Å²) in [5.74, 6) is -0.0485. The Bertz CT molecular complexity index is 698. The van der Waals surface area contributed by atoms with Crippen LogP contribution < -0.4 is 16.0 Å². The Morgan fingerprint density at radius 2 is 2.09 bits per heavy atom. The summed E-state index contributed by atoms with van der Waals surface area (Å²) in [6.07, 6.45) is 0. The van der Waals surface area contributed by atoms with Gasteiger partial charge in [0.05, 0.1) is 5.52 Å². The van der Waals surface area contributed by atoms with E-state index in [0.717, 1.165) is 24.0 Å². The highest BCUT2D eigenvalue weighted by molar-refractivity contribution is 6.05. The highest BCUT2D eigenvalue weighted by Crippen LogP contribution is 2.14. The number of rotatable bonds is 5. The minimum absolute atomic E-state index is 0. The lowest BCUT2D eigenvalue weighted by molar-refractivity contribution is -0.122. The topological polar surface area (TPSA) is 98.9 Å². The van der Waals surface area contributed by atoms with Crippen LogP contribution in [0, 0.1) is 5.92 Å². The van der Waals surface area contributed by atoms with E-state index in [1.807, 2.05) is 24.3 Å². The van der Waals surface area contributed by atoms with Crippen molar-refractivity contribution < 1.29 is 9.59 Å². The van der Waals surface area contributed by atoms with Crippen LogP contribution >= 0.6 is 12.4 Å². The molecule has 23 heavy (non-hydrogen) atoms. The molecule has 1 fully saturated rings. The molecule has 0 saturated carbocycles. The number of halogens is 1. The second kappa shape index (κ2) is 7.43. The largest absolute Gasteiger partial charge is 0.354 e. The molecule has 1 aliphatic rings. The molecule has 124 valence electrons. The highest BCUT2D eigenvalue weighted by atomic mass is 35.5. The van der Waals surface area contributed by atoms with E-state index in [-0.39, 0.29) is 24.2 Å². The van der Waals surface area contributed by atoms with Crippen LogP contribution in [0.3, 0.4) is 0 Å². The number of H-pyrrole nitrogens is 1. The lowest BCUT2D eigenvalue weighted by atomic mass is 10.0. The average Bonchev–Trinajstić information content (AvgIpc) is 2.89. The molecular formula is C15H20ClN5O2. The van der Waals surface area contributed by atoms with E-state index >= 15 is 0 Å². The van der Waals surface area contributed by atoms with E-state index in [4.69, 9.17) is 0 Å². The Morgan fingerprint density at radius 3 is 2.78 bits per heavy atom. The Kier molecular flexibility index (Phi) is 5.57. The molecule has 2 aromatic rings. The first-order valence-electron chi connectivity index (χ1n) is 7.37. The van der Waals surface area contributed by atoms with Crippen molar-refractivity contribution >= 4 is 35.1 Å². The van der Waals surface area contributed by atoms with E-state index in [9.17, 15) is 9.59 Å². The van der Waals surface area contributed by atoms with Crippen molar-refractivity contribution in [2.45, 2.75) is 13.0 Å². The molecule has 1 unspecified atom stereocenters. The standard InChI is InChI=1S/C15H19N5O2.ClH/c1-9(14(21)17-8-10-6-16-7-10)18-15(22)13-11-4-2-3-5-12(11)19-20-13;/h2-5,9-10,16H,6-8H2,1H3,(H,17,21)(H,18,22)(H,19,20);1H. The van der Waals surface area contributed by atoms with Crippen LogP contribution in [-0.2, 0) is 4.79 Å². The number of carbonyl (C=O) groups is 2. The average molecular weight is 338 g/mol. The molecule has 1 atom stereocenters. The molecule has 2 heterocycles. The molecule has 2 amide bonds. The highest BCUT2D eigenvalue weighted by Gasteiger charge is 2.22. The summed E-state index contributed by atoms with van der Waals surface area (Å²) in [7, 11) is 0. The number of carbonyl (C=O) groups excluding carboxylic acids is 2. The third-order valence-corrected chi connectivity index (χ3v) is 3.86. The van der Waals surface area contributed by atoms with Gasteiger partial charge in [-0.15, -0.1) is 12.4 Å². The quantitative estimate of drug-likeness (QED) is 0.636. The molecule has 0 spiro atoms. The zero-order valence-electron chi connectivity index (χ0n) is 12.8. The summed E-state index contributed by atoms with van der Waals surface area (Å²) in [5, 5.41) is 16.3. The molecule has 0 bridgehead atoms. The number of para-hydroxylation sites is 1. The summed E-state index contributed by atoms with van der Waals surface area (Å²) >= 11 is 0. The van der Waals surface area contributed by atoms with Crippen molar-refractivity contribution in [1.82, 2.24) is 26.1 Å². The first-order valence-corrected chi connectivity index (χ1v) is 7.37. The molecule has 4 N–H and O–H groups in total.